The molecule has 1 aliphatic heterocycles. The minimum absolute atomic E-state index is 0. The summed E-state index contributed by atoms with van der Waals surface area (Å²) in [5.41, 5.74) is 2.05. The Hall–Kier alpha value is -0.830. The molecule has 0 N–H and O–H groups in total. The lowest BCUT2D eigenvalue weighted by Gasteiger charge is -2.19. The van der Waals surface area contributed by atoms with E-state index in [9.17, 15) is 4.79 Å². The zero-order valence-corrected chi connectivity index (χ0v) is 11.7. The summed E-state index contributed by atoms with van der Waals surface area (Å²) in [5.74, 6) is 0. The van der Waals surface area contributed by atoms with Gasteiger partial charge in [0.1, 0.15) is 6.29 Å². The minimum Gasteiger partial charge on any atom is -0.298 e. The lowest BCUT2D eigenvalue weighted by molar-refractivity contribution is -0.105. The van der Waals surface area contributed by atoms with Crippen molar-refractivity contribution in [3.63, 3.8) is 0 Å². The highest BCUT2D eigenvalue weighted by Crippen LogP contribution is 2.20. The van der Waals surface area contributed by atoms with Crippen LogP contribution in [0.3, 0.4) is 0 Å². The Labute approximate surface area is 119 Å². The van der Waals surface area contributed by atoms with Crippen molar-refractivity contribution >= 4 is 30.3 Å². The first-order valence-corrected chi connectivity index (χ1v) is 6.26. The number of nitrogens with zero attached hydrogens (tertiary/aromatic N) is 1. The summed E-state index contributed by atoms with van der Waals surface area (Å²) in [7, 11) is 0. The quantitative estimate of drug-likeness (QED) is 0.794. The van der Waals surface area contributed by atoms with Gasteiger partial charge in [-0.3, -0.25) is 9.69 Å². The third-order valence-corrected chi connectivity index (χ3v) is 3.38. The van der Waals surface area contributed by atoms with Gasteiger partial charge in [-0.1, -0.05) is 41.9 Å². The summed E-state index contributed by atoms with van der Waals surface area (Å²) < 4.78 is 0. The Bertz CT molecular complexity index is 417. The average Bonchev–Trinajstić information content (AvgIpc) is 2.52. The molecule has 98 valence electrons. The van der Waals surface area contributed by atoms with Gasteiger partial charge in [-0.25, -0.2) is 0 Å². The summed E-state index contributed by atoms with van der Waals surface area (Å²) in [6.45, 7) is 2.57. The molecule has 0 amide bonds. The first-order valence-electron chi connectivity index (χ1n) is 5.88. The lowest BCUT2D eigenvalue weighted by atomic mass is 10.1. The molecule has 0 fully saturated rings. The first-order chi connectivity index (χ1) is 8.29. The predicted molar refractivity (Wildman–Crippen MR) is 77.1 cm³/mol. The van der Waals surface area contributed by atoms with Gasteiger partial charge in [0, 0.05) is 23.7 Å². The summed E-state index contributed by atoms with van der Waals surface area (Å²) >= 11 is 6.15. The van der Waals surface area contributed by atoms with Crippen LogP contribution in [-0.2, 0) is 11.3 Å². The molecule has 0 saturated carbocycles. The third-order valence-electron chi connectivity index (χ3n) is 3.02. The molecule has 4 heteroatoms. The van der Waals surface area contributed by atoms with Crippen LogP contribution in [0, 0.1) is 0 Å². The van der Waals surface area contributed by atoms with Crippen LogP contribution in [-0.4, -0.2) is 24.3 Å². The number of allylic oxidation sites excluding steroid dienone is 1. The summed E-state index contributed by atoms with van der Waals surface area (Å²) in [6, 6.07) is 10.3. The number of hydrogen-bond donors (Lipinski definition) is 0. The van der Waals surface area contributed by atoms with Crippen molar-refractivity contribution in [2.75, 3.05) is 13.1 Å². The van der Waals surface area contributed by atoms with Crippen molar-refractivity contribution in [2.45, 2.75) is 19.4 Å². The number of carbonyl (C=O) groups excluding carboxylic acids is 1. The van der Waals surface area contributed by atoms with E-state index in [-0.39, 0.29) is 12.4 Å². The number of carbonyl (C=O) groups is 1. The van der Waals surface area contributed by atoms with E-state index in [2.05, 4.69) is 17.0 Å². The maximum atomic E-state index is 10.8. The summed E-state index contributed by atoms with van der Waals surface area (Å²) in [5, 5.41) is 0.702. The Morgan fingerprint density at radius 1 is 1.28 bits per heavy atom. The van der Waals surface area contributed by atoms with Crippen LogP contribution in [0.2, 0.25) is 0 Å². The van der Waals surface area contributed by atoms with Gasteiger partial charge in [0.25, 0.3) is 0 Å². The molecule has 2 nitrogen and oxygen atoms in total. The van der Waals surface area contributed by atoms with Crippen molar-refractivity contribution in [3.05, 3.63) is 46.5 Å². The van der Waals surface area contributed by atoms with Crippen molar-refractivity contribution in [2.24, 2.45) is 0 Å². The molecule has 1 heterocycles. The van der Waals surface area contributed by atoms with Gasteiger partial charge in [-0.2, -0.15) is 0 Å². The third kappa shape index (κ3) is 4.13. The Balaban J connectivity index is 0.00000162. The highest BCUT2D eigenvalue weighted by molar-refractivity contribution is 6.31. The molecule has 0 aliphatic carbocycles. The van der Waals surface area contributed by atoms with Crippen LogP contribution in [0.5, 0.6) is 0 Å². The maximum absolute atomic E-state index is 10.8. The van der Waals surface area contributed by atoms with Crippen LogP contribution < -0.4 is 0 Å². The molecule has 1 aliphatic rings. The molecule has 0 atom stereocenters. The number of halogens is 2. The average molecular weight is 286 g/mol. The fourth-order valence-electron chi connectivity index (χ4n) is 2.11. The number of hydrogen-bond acceptors (Lipinski definition) is 2. The van der Waals surface area contributed by atoms with Gasteiger partial charge >= 0.3 is 0 Å². The summed E-state index contributed by atoms with van der Waals surface area (Å²) in [6.07, 6.45) is 2.69. The van der Waals surface area contributed by atoms with E-state index in [1.165, 1.54) is 5.56 Å². The zero-order chi connectivity index (χ0) is 12.1. The molecule has 0 saturated heterocycles. The molecule has 2 rings (SSSR count). The van der Waals surface area contributed by atoms with Crippen molar-refractivity contribution in [3.8, 4) is 0 Å². The summed E-state index contributed by atoms with van der Waals surface area (Å²) in [4.78, 5) is 13.1. The number of benzene rings is 1. The first kappa shape index (κ1) is 15.2. The molecule has 0 bridgehead atoms. The minimum atomic E-state index is 0. The van der Waals surface area contributed by atoms with Crippen LogP contribution in [0.4, 0.5) is 0 Å². The fraction of sp³-hybridized carbons (Fsp3) is 0.357. The Morgan fingerprint density at radius 2 is 2.00 bits per heavy atom. The number of rotatable bonds is 3. The zero-order valence-electron chi connectivity index (χ0n) is 10.1. The fourth-order valence-corrected chi connectivity index (χ4v) is 2.41. The molecule has 0 spiro atoms. The molecule has 1 aromatic rings. The van der Waals surface area contributed by atoms with E-state index in [0.717, 1.165) is 37.8 Å². The van der Waals surface area contributed by atoms with E-state index in [1.54, 1.807) is 0 Å². The van der Waals surface area contributed by atoms with E-state index in [0.29, 0.717) is 11.6 Å². The molecule has 18 heavy (non-hydrogen) atoms. The molecule has 0 aromatic heterocycles. The van der Waals surface area contributed by atoms with Crippen LogP contribution >= 0.6 is 24.0 Å². The highest BCUT2D eigenvalue weighted by atomic mass is 35.5. The van der Waals surface area contributed by atoms with Crippen molar-refractivity contribution < 1.29 is 4.79 Å². The van der Waals surface area contributed by atoms with Gasteiger partial charge in [0.05, 0.1) is 0 Å². The largest absolute Gasteiger partial charge is 0.298 e. The standard InChI is InChI=1S/C14H16ClNO.ClH/c15-14-10-16(8-4-7-13(14)11-17)9-12-5-2-1-3-6-12;/h1-3,5-6,11H,4,7-10H2;1H. The normalized spacial score (nSPS) is 16.9. The monoisotopic (exact) mass is 285 g/mol. The smallest absolute Gasteiger partial charge is 0.147 e. The van der Waals surface area contributed by atoms with Gasteiger partial charge in [-0.15, -0.1) is 12.4 Å². The van der Waals surface area contributed by atoms with E-state index < -0.39 is 0 Å². The van der Waals surface area contributed by atoms with Crippen LogP contribution in [0.25, 0.3) is 0 Å². The van der Waals surface area contributed by atoms with Gasteiger partial charge < -0.3 is 0 Å². The van der Waals surface area contributed by atoms with Crippen LogP contribution in [0.15, 0.2) is 40.9 Å². The maximum Gasteiger partial charge on any atom is 0.147 e. The van der Waals surface area contributed by atoms with E-state index in [1.807, 2.05) is 18.2 Å². The second-order valence-electron chi connectivity index (χ2n) is 4.35. The van der Waals surface area contributed by atoms with Gasteiger partial charge in [0.2, 0.25) is 0 Å². The molecular formula is C14H17Cl2NO. The van der Waals surface area contributed by atoms with Gasteiger partial charge in [-0.05, 0) is 24.9 Å². The van der Waals surface area contributed by atoms with Gasteiger partial charge in [0.15, 0.2) is 0 Å². The highest BCUT2D eigenvalue weighted by Gasteiger charge is 2.15. The molecule has 0 radical (unpaired) electrons. The Kier molecular flexibility index (Phi) is 6.41. The predicted octanol–water partition coefficient (Wildman–Crippen LogP) is 3.40. The second-order valence-corrected chi connectivity index (χ2v) is 4.80. The molecular weight excluding hydrogens is 269 g/mol. The van der Waals surface area contributed by atoms with E-state index in [4.69, 9.17) is 11.6 Å². The lowest BCUT2D eigenvalue weighted by Crippen LogP contribution is -2.24. The topological polar surface area (TPSA) is 20.3 Å². The molecule has 1 aromatic carbocycles. The van der Waals surface area contributed by atoms with Crippen molar-refractivity contribution in [1.29, 1.82) is 0 Å². The van der Waals surface area contributed by atoms with E-state index >= 15 is 0 Å². The molecule has 0 unspecified atom stereocenters. The SMILES string of the molecule is Cl.O=CC1=C(Cl)CN(Cc2ccccc2)CCC1. The van der Waals surface area contributed by atoms with Crippen molar-refractivity contribution in [1.82, 2.24) is 4.90 Å². The number of aldehydes is 1. The Morgan fingerprint density at radius 3 is 2.67 bits per heavy atom. The second kappa shape index (κ2) is 7.57. The van der Waals surface area contributed by atoms with Crippen LogP contribution in [0.1, 0.15) is 18.4 Å².